The molecule has 46 heavy (non-hydrogen) atoms. The summed E-state index contributed by atoms with van der Waals surface area (Å²) in [7, 11) is 6.24. The van der Waals surface area contributed by atoms with Crippen LogP contribution < -0.4 is 27.1 Å². The number of aromatic hydroxyl groups is 1. The summed E-state index contributed by atoms with van der Waals surface area (Å²) in [5, 5.41) is 29.3. The van der Waals surface area contributed by atoms with Crippen molar-refractivity contribution < 1.29 is 34.0 Å². The van der Waals surface area contributed by atoms with Gasteiger partial charge in [-0.1, -0.05) is 38.2 Å². The third-order valence-electron chi connectivity index (χ3n) is 7.88. The highest BCUT2D eigenvalue weighted by Gasteiger charge is 2.30. The van der Waals surface area contributed by atoms with Gasteiger partial charge in [-0.25, -0.2) is 14.8 Å². The summed E-state index contributed by atoms with van der Waals surface area (Å²) >= 11 is 0. The van der Waals surface area contributed by atoms with E-state index in [1.807, 2.05) is 13.8 Å². The Morgan fingerprint density at radius 3 is 2.52 bits per heavy atom. The van der Waals surface area contributed by atoms with E-state index >= 15 is 0 Å². The summed E-state index contributed by atoms with van der Waals surface area (Å²) < 4.78 is 16.7. The van der Waals surface area contributed by atoms with Crippen molar-refractivity contribution in [1.82, 2.24) is 5.32 Å². The molecule has 2 heterocycles. The number of allylic oxidation sites excluding steroid dienone is 2. The first kappa shape index (κ1) is 36.1. The molecule has 2 amide bonds. The van der Waals surface area contributed by atoms with Gasteiger partial charge in [0.1, 0.15) is 11.9 Å². The highest BCUT2D eigenvalue weighted by Crippen LogP contribution is 2.29. The highest BCUT2D eigenvalue weighted by molar-refractivity contribution is 6.04. The largest absolute Gasteiger partial charge is 0.505 e. The Labute approximate surface area is 268 Å². The van der Waals surface area contributed by atoms with E-state index in [1.54, 1.807) is 58.3 Å². The molecule has 14 nitrogen and oxygen atoms in total. The lowest BCUT2D eigenvalue weighted by molar-refractivity contribution is -0.112. The van der Waals surface area contributed by atoms with Crippen LogP contribution in [-0.4, -0.2) is 86.9 Å². The summed E-state index contributed by atoms with van der Waals surface area (Å²) in [4.78, 5) is 42.5. The molecule has 6 atom stereocenters. The van der Waals surface area contributed by atoms with Gasteiger partial charge >= 0.3 is 6.09 Å². The number of aliphatic hydroxyl groups excluding tert-OH is 1. The Hall–Kier alpha value is -4.40. The van der Waals surface area contributed by atoms with Crippen molar-refractivity contribution >= 4 is 29.6 Å². The molecule has 0 aromatic heterocycles. The number of carbonyl (C=O) groups excluding carboxylic acids is 2. The van der Waals surface area contributed by atoms with Crippen LogP contribution in [0.25, 0.3) is 0 Å². The van der Waals surface area contributed by atoms with Gasteiger partial charge in [-0.2, -0.15) is 4.99 Å². The molecule has 2 aliphatic rings. The molecule has 1 aromatic rings. The summed E-state index contributed by atoms with van der Waals surface area (Å²) in [6, 6.07) is 1.54. The fraction of sp³-hybridized carbons (Fsp3) is 0.500. The summed E-state index contributed by atoms with van der Waals surface area (Å²) in [6.07, 6.45) is 3.15. The number of phenolic OH excluding ortho intramolecular Hbond substituents is 1. The average molecular weight is 640 g/mol. The van der Waals surface area contributed by atoms with Crippen molar-refractivity contribution in [2.75, 3.05) is 33.6 Å². The summed E-state index contributed by atoms with van der Waals surface area (Å²) in [5.41, 5.74) is 6.92. The van der Waals surface area contributed by atoms with Crippen molar-refractivity contribution in [2.45, 2.75) is 65.0 Å². The van der Waals surface area contributed by atoms with Gasteiger partial charge in [0.05, 0.1) is 28.6 Å². The van der Waals surface area contributed by atoms with Crippen LogP contribution in [0.5, 0.6) is 5.75 Å². The average Bonchev–Trinajstić information content (AvgIpc) is 3.42. The van der Waals surface area contributed by atoms with Crippen LogP contribution in [0.3, 0.4) is 0 Å². The maximum absolute atomic E-state index is 13.2. The number of nitrogens with one attached hydrogen (secondary N) is 2. The number of rotatable bonds is 3. The van der Waals surface area contributed by atoms with Crippen molar-refractivity contribution in [1.29, 1.82) is 0 Å². The molecule has 3 rings (SSSR count). The van der Waals surface area contributed by atoms with E-state index in [1.165, 1.54) is 14.2 Å². The summed E-state index contributed by atoms with van der Waals surface area (Å²) in [6.45, 7) is 7.17. The Kier molecular flexibility index (Phi) is 12.7. The number of ether oxygens (including phenoxy) is 3. The number of fused-ring (bicyclic) bond motifs is 4. The maximum atomic E-state index is 13.2. The molecule has 0 saturated carbocycles. The number of nitrogens with two attached hydrogens (primary N) is 1. The van der Waals surface area contributed by atoms with Gasteiger partial charge in [0.25, 0.3) is 11.9 Å². The number of guanidine groups is 2. The number of phenols is 1. The number of primary amides is 1. The molecule has 0 spiro atoms. The number of aliphatic imine (C=N–C) groups is 2. The lowest BCUT2D eigenvalue weighted by Crippen LogP contribution is -2.37. The van der Waals surface area contributed by atoms with E-state index in [0.717, 1.165) is 0 Å². The first-order chi connectivity index (χ1) is 21.8. The van der Waals surface area contributed by atoms with Crippen molar-refractivity contribution in [3.05, 3.63) is 57.8 Å². The number of benzene rings is 1. The second-order valence-corrected chi connectivity index (χ2v) is 11.4. The molecule has 0 fully saturated rings. The van der Waals surface area contributed by atoms with E-state index in [4.69, 9.17) is 19.9 Å². The van der Waals surface area contributed by atoms with Crippen LogP contribution in [0.2, 0.25) is 0 Å². The minimum Gasteiger partial charge on any atom is -0.505 e. The lowest BCUT2D eigenvalue weighted by atomic mass is 9.88. The molecule has 0 unspecified atom stereocenters. The van der Waals surface area contributed by atoms with Gasteiger partial charge in [-0.15, -0.1) is 0 Å². The van der Waals surface area contributed by atoms with E-state index in [0.29, 0.717) is 46.2 Å². The number of hydrogen-bond donors (Lipinski definition) is 5. The van der Waals surface area contributed by atoms with Crippen LogP contribution in [0.15, 0.2) is 61.5 Å². The number of amides is 2. The smallest absolute Gasteiger partial charge is 0.405 e. The zero-order chi connectivity index (χ0) is 34.1. The zero-order valence-electron chi connectivity index (χ0n) is 27.6. The molecule has 0 radical (unpaired) electrons. The molecule has 1 aromatic carbocycles. The fourth-order valence-corrected chi connectivity index (χ4v) is 5.40. The minimum atomic E-state index is -0.985. The van der Waals surface area contributed by atoms with E-state index in [9.17, 15) is 19.8 Å². The molecule has 0 aliphatic carbocycles. The Balaban J connectivity index is 2.18. The standard InChI is InChI=1S/C32H45N7O7/c1-16-12-20-25-21(37-32(38-25)39-31(34-5)35-6)15-22(27(20)41)36-29(42)17(2)10-9-11-23(44-7)28(46-30(33)43)19(4)14-18(3)26(40)24(13-16)45-8/h9-11,14-16,18,23-24,26,28,40-41H,12-13H2,1-8H3,(H2,33,43)(H,34,35)(H,36,42)/b11-9-,17-10+,19-14+,39-32?/t16-,18+,23+,24+,26-,28+/m1/s1. The molecule has 0 saturated heterocycles. The second-order valence-electron chi connectivity index (χ2n) is 11.4. The van der Waals surface area contributed by atoms with Crippen LogP contribution in [0.4, 0.5) is 10.5 Å². The third-order valence-corrected chi connectivity index (χ3v) is 7.88. The first-order valence-corrected chi connectivity index (χ1v) is 14.9. The molecule has 2 aliphatic heterocycles. The van der Waals surface area contributed by atoms with Crippen LogP contribution in [0.1, 0.15) is 39.7 Å². The molecule has 14 heteroatoms. The monoisotopic (exact) mass is 639 g/mol. The number of nitrogens with zero attached hydrogens (tertiary/aromatic N) is 4. The van der Waals surface area contributed by atoms with E-state index in [-0.39, 0.29) is 23.3 Å². The predicted molar refractivity (Wildman–Crippen MR) is 174 cm³/mol. The number of aliphatic hydroxyl groups is 1. The zero-order valence-corrected chi connectivity index (χ0v) is 27.6. The maximum Gasteiger partial charge on any atom is 0.405 e. The molecule has 6 N–H and O–H groups in total. The van der Waals surface area contributed by atoms with Crippen molar-refractivity contribution in [3.63, 3.8) is 0 Å². The van der Waals surface area contributed by atoms with Crippen LogP contribution >= 0.6 is 0 Å². The van der Waals surface area contributed by atoms with Gasteiger partial charge in [-0.05, 0) is 44.2 Å². The predicted octanol–water partition coefficient (Wildman–Crippen LogP) is 1.67. The third kappa shape index (κ3) is 8.86. The normalized spacial score (nSPS) is 30.1. The van der Waals surface area contributed by atoms with E-state index in [2.05, 4.69) is 30.6 Å². The fourth-order valence-electron chi connectivity index (χ4n) is 5.40. The van der Waals surface area contributed by atoms with Crippen molar-refractivity contribution in [3.8, 4) is 5.75 Å². The van der Waals surface area contributed by atoms with Gasteiger partial charge in [-0.3, -0.25) is 9.79 Å². The van der Waals surface area contributed by atoms with Gasteiger partial charge in [0.15, 0.2) is 6.10 Å². The molecule has 250 valence electrons. The van der Waals surface area contributed by atoms with Gasteiger partial charge in [0.2, 0.25) is 5.96 Å². The number of methoxy groups -OCH3 is 2. The van der Waals surface area contributed by atoms with Crippen molar-refractivity contribution in [2.24, 2.45) is 37.5 Å². The topological polar surface area (TPSA) is 202 Å². The van der Waals surface area contributed by atoms with Gasteiger partial charge in [0, 0.05) is 45.4 Å². The minimum absolute atomic E-state index is 0.129. The number of carbonyl (C=O) groups is 2. The molecular weight excluding hydrogens is 594 g/mol. The van der Waals surface area contributed by atoms with Gasteiger partial charge < -0.3 is 40.8 Å². The Bertz CT molecular complexity index is 1580. The van der Waals surface area contributed by atoms with Crippen LogP contribution in [-0.2, 0) is 25.4 Å². The lowest BCUT2D eigenvalue weighted by Gasteiger charge is -2.29. The highest BCUT2D eigenvalue weighted by atomic mass is 16.6. The second kappa shape index (κ2) is 16.2. The van der Waals surface area contributed by atoms with E-state index < -0.39 is 42.3 Å². The quantitative estimate of drug-likeness (QED) is 0.142. The SMILES string of the molecule is CN=C(N=C1N=c2cc3c(O)c(c2=N1)C[C@@H](C)C[C@H](OC)[C@H](O)[C@@H](C)/C=C(\C)[C@H](OC(N)=O)[C@@H](OC)/C=C\C=C(/C)C(=O)N3)NC. The van der Waals surface area contributed by atoms with Crippen LogP contribution in [0, 0.1) is 11.8 Å². The molecular formula is C32H45N7O7. The summed E-state index contributed by atoms with van der Waals surface area (Å²) in [5.74, 6) is -0.698. The number of anilines is 1. The Morgan fingerprint density at radius 1 is 1.20 bits per heavy atom. The Morgan fingerprint density at radius 2 is 1.91 bits per heavy atom. The molecule has 2 bridgehead atoms. The first-order valence-electron chi connectivity index (χ1n) is 14.9. The number of hydrogen-bond acceptors (Lipinski definition) is 8.